The van der Waals surface area contributed by atoms with E-state index in [2.05, 4.69) is 21.0 Å². The Labute approximate surface area is 254 Å². The molecule has 3 heterocycles. The zero-order chi connectivity index (χ0) is 35.1. The van der Waals surface area contributed by atoms with Crippen molar-refractivity contribution in [2.75, 3.05) is 19.8 Å². The van der Waals surface area contributed by atoms with Gasteiger partial charge in [-0.15, -0.1) is 0 Å². The van der Waals surface area contributed by atoms with Crippen LogP contribution in [0.4, 0.5) is 39.5 Å². The number of nitrogens with zero attached hydrogens (tertiary/aromatic N) is 4. The Balaban J connectivity index is 0.000000413. The molecule has 0 spiro atoms. The lowest BCUT2D eigenvalue weighted by Crippen LogP contribution is -2.51. The topological polar surface area (TPSA) is 164 Å². The number of fused-ring (bicyclic) bond motifs is 1. The van der Waals surface area contributed by atoms with E-state index in [-0.39, 0.29) is 12.2 Å². The van der Waals surface area contributed by atoms with Crippen LogP contribution in [0.15, 0.2) is 43.0 Å². The number of carbonyl (C=O) groups is 3. The van der Waals surface area contributed by atoms with E-state index < -0.39 is 36.4 Å². The summed E-state index contributed by atoms with van der Waals surface area (Å²) in [6.07, 6.45) is -4.02. The average Bonchev–Trinajstić information content (AvgIpc) is 3.62. The number of aryl methyl sites for hydroxylation is 1. The van der Waals surface area contributed by atoms with Gasteiger partial charge < -0.3 is 24.8 Å². The lowest BCUT2D eigenvalue weighted by molar-refractivity contribution is -0.193. The number of pyridine rings is 1. The Morgan fingerprint density at radius 3 is 1.91 bits per heavy atom. The molecule has 2 aliphatic rings. The van der Waals surface area contributed by atoms with Crippen LogP contribution in [0.3, 0.4) is 0 Å². The largest absolute Gasteiger partial charge is 0.490 e. The van der Waals surface area contributed by atoms with Gasteiger partial charge in [0.25, 0.3) is 0 Å². The predicted octanol–water partition coefficient (Wildman–Crippen LogP) is 4.02. The van der Waals surface area contributed by atoms with Gasteiger partial charge in [0.1, 0.15) is 0 Å². The molecular weight excluding hydrogens is 655 g/mol. The second-order valence-electron chi connectivity index (χ2n) is 9.25. The molecule has 0 amide bonds. The standard InChI is InChI=1S/C19H26N4O2.3C2HF3O2/c1-4-16(14-20-7-1)15-22-11-13-25-19-17(22)5-6-18(19)24-12-3-10-23-9-2-8-21-23;3*3-2(4,5)1(6)7/h1-2,4,7-9,14,17-19H,3,5-6,10-13,15H2;3*(H,6,7)/t17-,18+,19+;;;/m0.../s1. The van der Waals surface area contributed by atoms with Gasteiger partial charge in [0.15, 0.2) is 0 Å². The molecule has 0 radical (unpaired) electrons. The minimum absolute atomic E-state index is 0.204. The number of ether oxygens (including phenoxy) is 2. The molecule has 4 rings (SSSR count). The first kappa shape index (κ1) is 40.0. The van der Waals surface area contributed by atoms with E-state index in [1.807, 2.05) is 41.6 Å². The summed E-state index contributed by atoms with van der Waals surface area (Å²) < 4.78 is 109. The van der Waals surface area contributed by atoms with Gasteiger partial charge in [-0.25, -0.2) is 14.4 Å². The molecule has 12 nitrogen and oxygen atoms in total. The van der Waals surface area contributed by atoms with Gasteiger partial charge in [-0.05, 0) is 37.0 Å². The summed E-state index contributed by atoms with van der Waals surface area (Å²) in [5.74, 6) is -8.27. The van der Waals surface area contributed by atoms with Crippen LogP contribution in [0, 0.1) is 0 Å². The van der Waals surface area contributed by atoms with Crippen LogP contribution in [-0.4, -0.2) is 109 Å². The number of halogens is 9. The van der Waals surface area contributed by atoms with Crippen molar-refractivity contribution in [3.8, 4) is 0 Å². The monoisotopic (exact) mass is 684 g/mol. The van der Waals surface area contributed by atoms with Gasteiger partial charge >= 0.3 is 36.4 Å². The minimum atomic E-state index is -5.08. The number of aromatic nitrogens is 3. The zero-order valence-electron chi connectivity index (χ0n) is 23.5. The Morgan fingerprint density at radius 1 is 0.891 bits per heavy atom. The van der Waals surface area contributed by atoms with Gasteiger partial charge in [0, 0.05) is 57.1 Å². The SMILES string of the molecule is O=C(O)C(F)(F)F.O=C(O)C(F)(F)F.O=C(O)C(F)(F)F.c1cncc(CN2CCO[C@H]3[C@H](OCCCn4cccn4)CC[C@@H]32)c1. The fraction of sp³-hybridized carbons (Fsp3) is 0.560. The first-order valence-electron chi connectivity index (χ1n) is 13.0. The van der Waals surface area contributed by atoms with Crippen LogP contribution in [0.1, 0.15) is 24.8 Å². The van der Waals surface area contributed by atoms with E-state index in [1.165, 1.54) is 5.56 Å². The third-order valence-electron chi connectivity index (χ3n) is 5.91. The molecule has 2 fully saturated rings. The average molecular weight is 685 g/mol. The predicted molar refractivity (Wildman–Crippen MR) is 135 cm³/mol. The van der Waals surface area contributed by atoms with Gasteiger partial charge in [0.2, 0.25) is 0 Å². The van der Waals surface area contributed by atoms with Crippen molar-refractivity contribution in [2.24, 2.45) is 0 Å². The van der Waals surface area contributed by atoms with E-state index in [9.17, 15) is 39.5 Å². The molecular formula is C25H29F9N4O8. The third kappa shape index (κ3) is 15.3. The Morgan fingerprint density at radius 2 is 1.46 bits per heavy atom. The molecule has 46 heavy (non-hydrogen) atoms. The maximum Gasteiger partial charge on any atom is 0.490 e. The summed E-state index contributed by atoms with van der Waals surface area (Å²) in [6.45, 7) is 4.39. The highest BCUT2D eigenvalue weighted by molar-refractivity contribution is 5.73. The highest BCUT2D eigenvalue weighted by atomic mass is 19.4. The minimum Gasteiger partial charge on any atom is -0.475 e. The second kappa shape index (κ2) is 18.2. The Kier molecular flexibility index (Phi) is 15.9. The number of rotatable bonds is 7. The molecule has 21 heteroatoms. The highest BCUT2D eigenvalue weighted by Crippen LogP contribution is 2.33. The summed E-state index contributed by atoms with van der Waals surface area (Å²) in [5, 5.41) is 25.6. The number of alkyl halides is 9. The van der Waals surface area contributed by atoms with Crippen molar-refractivity contribution in [1.82, 2.24) is 19.7 Å². The Hall–Kier alpha value is -3.98. The van der Waals surface area contributed by atoms with Crippen molar-refractivity contribution in [3.05, 3.63) is 48.5 Å². The molecule has 2 aromatic rings. The summed E-state index contributed by atoms with van der Waals surface area (Å²) in [4.78, 5) is 33.5. The van der Waals surface area contributed by atoms with E-state index in [0.717, 1.165) is 52.1 Å². The van der Waals surface area contributed by atoms with Crippen LogP contribution in [0.25, 0.3) is 0 Å². The van der Waals surface area contributed by atoms with E-state index >= 15 is 0 Å². The number of hydrogen-bond donors (Lipinski definition) is 3. The molecule has 1 aliphatic carbocycles. The van der Waals surface area contributed by atoms with Crippen LogP contribution in [0.5, 0.6) is 0 Å². The van der Waals surface area contributed by atoms with Crippen molar-refractivity contribution >= 4 is 17.9 Å². The molecule has 1 aliphatic heterocycles. The van der Waals surface area contributed by atoms with Crippen LogP contribution < -0.4 is 0 Å². The van der Waals surface area contributed by atoms with Gasteiger partial charge in [-0.1, -0.05) is 6.07 Å². The summed E-state index contributed by atoms with van der Waals surface area (Å²) >= 11 is 0. The number of morpholine rings is 1. The molecule has 0 unspecified atom stereocenters. The number of aliphatic carboxylic acids is 3. The fourth-order valence-corrected chi connectivity index (χ4v) is 3.99. The summed E-state index contributed by atoms with van der Waals surface area (Å²) in [5.41, 5.74) is 1.27. The molecule has 1 saturated carbocycles. The second-order valence-corrected chi connectivity index (χ2v) is 9.25. The first-order chi connectivity index (χ1) is 21.2. The molecule has 0 bridgehead atoms. The quantitative estimate of drug-likeness (QED) is 0.285. The molecule has 260 valence electrons. The zero-order valence-corrected chi connectivity index (χ0v) is 23.5. The van der Waals surface area contributed by atoms with E-state index in [0.29, 0.717) is 6.04 Å². The van der Waals surface area contributed by atoms with Gasteiger partial charge in [-0.2, -0.15) is 44.6 Å². The van der Waals surface area contributed by atoms with Crippen molar-refractivity contribution in [2.45, 2.75) is 69.1 Å². The van der Waals surface area contributed by atoms with Gasteiger partial charge in [0.05, 0.1) is 18.8 Å². The number of carboxylic acids is 3. The maximum atomic E-state index is 10.6. The highest BCUT2D eigenvalue weighted by Gasteiger charge is 2.43. The molecule has 3 atom stereocenters. The number of hydrogen-bond acceptors (Lipinski definition) is 8. The van der Waals surface area contributed by atoms with Crippen molar-refractivity contribution in [1.29, 1.82) is 0 Å². The Bertz CT molecular complexity index is 1140. The molecule has 3 N–H and O–H groups in total. The van der Waals surface area contributed by atoms with Crippen LogP contribution in [-0.2, 0) is 36.9 Å². The van der Waals surface area contributed by atoms with Crippen molar-refractivity contribution < 1.29 is 78.7 Å². The normalized spacial score (nSPS) is 19.6. The summed E-state index contributed by atoms with van der Waals surface area (Å²) in [7, 11) is 0. The smallest absolute Gasteiger partial charge is 0.475 e. The van der Waals surface area contributed by atoms with E-state index in [1.54, 1.807) is 0 Å². The maximum absolute atomic E-state index is 10.6. The van der Waals surface area contributed by atoms with E-state index in [4.69, 9.17) is 39.2 Å². The lowest BCUT2D eigenvalue weighted by atomic mass is 10.1. The van der Waals surface area contributed by atoms with Crippen LogP contribution >= 0.6 is 0 Å². The summed E-state index contributed by atoms with van der Waals surface area (Å²) in [6, 6.07) is 6.57. The number of carboxylic acid groups (broad SMARTS) is 3. The molecule has 1 saturated heterocycles. The van der Waals surface area contributed by atoms with Crippen molar-refractivity contribution in [3.63, 3.8) is 0 Å². The fourth-order valence-electron chi connectivity index (χ4n) is 3.99. The lowest BCUT2D eigenvalue weighted by Gasteiger charge is -2.39. The molecule has 2 aromatic heterocycles. The molecule has 0 aromatic carbocycles. The third-order valence-corrected chi connectivity index (χ3v) is 5.91. The van der Waals surface area contributed by atoms with Gasteiger partial charge in [-0.3, -0.25) is 14.6 Å². The van der Waals surface area contributed by atoms with Crippen LogP contribution in [0.2, 0.25) is 0 Å². The first-order valence-corrected chi connectivity index (χ1v) is 13.0.